The second-order valence-electron chi connectivity index (χ2n) is 3.25. The quantitative estimate of drug-likeness (QED) is 0.723. The Hall–Kier alpha value is -1.13. The van der Waals surface area contributed by atoms with Crippen LogP contribution in [0.3, 0.4) is 0 Å². The predicted octanol–water partition coefficient (Wildman–Crippen LogP) is 2.07. The molecule has 2 aromatic rings. The molecule has 1 aromatic carbocycles. The van der Waals surface area contributed by atoms with Crippen LogP contribution < -0.4 is 4.74 Å². The van der Waals surface area contributed by atoms with Gasteiger partial charge in [-0.15, -0.1) is 11.3 Å². The number of hydrogen-bond acceptors (Lipinski definition) is 4. The molecule has 1 atom stereocenters. The second-order valence-corrected chi connectivity index (χ2v) is 4.13. The summed E-state index contributed by atoms with van der Waals surface area (Å²) in [5.41, 5.74) is 2.88. The molecule has 3 nitrogen and oxygen atoms in total. The van der Waals surface area contributed by atoms with Gasteiger partial charge in [0.25, 0.3) is 0 Å². The highest BCUT2D eigenvalue weighted by Crippen LogP contribution is 2.24. The van der Waals surface area contributed by atoms with E-state index in [1.165, 1.54) is 4.70 Å². The van der Waals surface area contributed by atoms with Crippen LogP contribution in [0.25, 0.3) is 10.2 Å². The lowest BCUT2D eigenvalue weighted by Crippen LogP contribution is -2.03. The first kappa shape index (κ1) is 8.20. The van der Waals surface area contributed by atoms with Crippen molar-refractivity contribution in [3.8, 4) is 5.75 Å². The third-order valence-electron chi connectivity index (χ3n) is 2.14. The fraction of sp³-hybridized carbons (Fsp3) is 0.300. The van der Waals surface area contributed by atoms with Gasteiger partial charge in [0, 0.05) is 0 Å². The molecule has 0 radical (unpaired) electrons. The molecule has 1 saturated heterocycles. The zero-order valence-corrected chi connectivity index (χ0v) is 8.29. The molecule has 0 saturated carbocycles. The standard InChI is InChI=1S/C10H9NO2S/c1-2-9-10(14-6-11-9)3-7(1)12-4-8-5-13-8/h1-3,6,8H,4-5H2/t8-/m0/s1. The monoisotopic (exact) mass is 207 g/mol. The van der Waals surface area contributed by atoms with Crippen molar-refractivity contribution in [1.82, 2.24) is 4.98 Å². The highest BCUT2D eigenvalue weighted by molar-refractivity contribution is 7.16. The zero-order chi connectivity index (χ0) is 9.38. The lowest BCUT2D eigenvalue weighted by molar-refractivity contribution is 0.263. The Kier molecular flexibility index (Phi) is 1.89. The van der Waals surface area contributed by atoms with E-state index < -0.39 is 0 Å². The van der Waals surface area contributed by atoms with Crippen molar-refractivity contribution in [2.24, 2.45) is 0 Å². The summed E-state index contributed by atoms with van der Waals surface area (Å²) in [5.74, 6) is 0.900. The van der Waals surface area contributed by atoms with E-state index in [2.05, 4.69) is 4.98 Å². The van der Waals surface area contributed by atoms with Gasteiger partial charge in [-0.25, -0.2) is 4.98 Å². The van der Waals surface area contributed by atoms with Crippen LogP contribution in [0.15, 0.2) is 23.7 Å². The molecule has 0 bridgehead atoms. The van der Waals surface area contributed by atoms with E-state index in [-0.39, 0.29) is 0 Å². The van der Waals surface area contributed by atoms with Gasteiger partial charge in [0.1, 0.15) is 18.5 Å². The third-order valence-corrected chi connectivity index (χ3v) is 2.93. The molecule has 1 aliphatic rings. The first-order chi connectivity index (χ1) is 6.92. The lowest BCUT2D eigenvalue weighted by Gasteiger charge is -2.02. The van der Waals surface area contributed by atoms with E-state index in [0.29, 0.717) is 12.7 Å². The predicted molar refractivity (Wildman–Crippen MR) is 54.9 cm³/mol. The molecule has 0 unspecified atom stereocenters. The molecule has 0 spiro atoms. The number of rotatable bonds is 3. The number of aromatic nitrogens is 1. The number of nitrogens with zero attached hydrogens (tertiary/aromatic N) is 1. The summed E-state index contributed by atoms with van der Waals surface area (Å²) in [6, 6.07) is 5.95. The topological polar surface area (TPSA) is 34.6 Å². The van der Waals surface area contributed by atoms with E-state index >= 15 is 0 Å². The van der Waals surface area contributed by atoms with Gasteiger partial charge in [-0.05, 0) is 18.2 Å². The number of thiazole rings is 1. The summed E-state index contributed by atoms with van der Waals surface area (Å²) in [7, 11) is 0. The van der Waals surface area contributed by atoms with Crippen molar-refractivity contribution in [1.29, 1.82) is 0 Å². The molecule has 1 aliphatic heterocycles. The number of benzene rings is 1. The summed E-state index contributed by atoms with van der Waals surface area (Å²) < 4.78 is 11.8. The van der Waals surface area contributed by atoms with Crippen molar-refractivity contribution in [2.75, 3.05) is 13.2 Å². The van der Waals surface area contributed by atoms with Crippen LogP contribution in [0.2, 0.25) is 0 Å². The smallest absolute Gasteiger partial charge is 0.121 e. The summed E-state index contributed by atoms with van der Waals surface area (Å²) in [6.07, 6.45) is 0.312. The molecule has 4 heteroatoms. The van der Waals surface area contributed by atoms with Gasteiger partial charge < -0.3 is 9.47 Å². The van der Waals surface area contributed by atoms with Gasteiger partial charge in [-0.2, -0.15) is 0 Å². The highest BCUT2D eigenvalue weighted by Gasteiger charge is 2.22. The van der Waals surface area contributed by atoms with Crippen molar-refractivity contribution in [3.63, 3.8) is 0 Å². The first-order valence-corrected chi connectivity index (χ1v) is 5.37. The van der Waals surface area contributed by atoms with E-state index in [1.54, 1.807) is 11.3 Å². The highest BCUT2D eigenvalue weighted by atomic mass is 32.1. The number of hydrogen-bond donors (Lipinski definition) is 0. The molecule has 0 aliphatic carbocycles. The van der Waals surface area contributed by atoms with Gasteiger partial charge in [0.15, 0.2) is 0 Å². The lowest BCUT2D eigenvalue weighted by atomic mass is 10.3. The Morgan fingerprint density at radius 2 is 2.50 bits per heavy atom. The van der Waals surface area contributed by atoms with E-state index in [4.69, 9.17) is 9.47 Å². The number of fused-ring (bicyclic) bond motifs is 1. The Labute approximate surface area is 85.3 Å². The summed E-state index contributed by atoms with van der Waals surface area (Å²) in [6.45, 7) is 1.49. The van der Waals surface area contributed by atoms with Crippen LogP contribution >= 0.6 is 11.3 Å². The average molecular weight is 207 g/mol. The van der Waals surface area contributed by atoms with Crippen LogP contribution in [0.4, 0.5) is 0 Å². The van der Waals surface area contributed by atoms with E-state index in [1.807, 2.05) is 23.7 Å². The van der Waals surface area contributed by atoms with Crippen molar-refractivity contribution < 1.29 is 9.47 Å². The Morgan fingerprint density at radius 3 is 3.36 bits per heavy atom. The van der Waals surface area contributed by atoms with Crippen molar-refractivity contribution in [2.45, 2.75) is 6.10 Å². The summed E-state index contributed by atoms with van der Waals surface area (Å²) in [4.78, 5) is 4.21. The second kappa shape index (κ2) is 3.22. The fourth-order valence-electron chi connectivity index (χ4n) is 1.28. The van der Waals surface area contributed by atoms with Gasteiger partial charge in [-0.1, -0.05) is 0 Å². The molecule has 0 amide bonds. The number of epoxide rings is 1. The van der Waals surface area contributed by atoms with Crippen molar-refractivity contribution >= 4 is 21.6 Å². The van der Waals surface area contributed by atoms with Crippen LogP contribution in [0, 0.1) is 0 Å². The zero-order valence-electron chi connectivity index (χ0n) is 7.47. The Morgan fingerprint density at radius 1 is 1.57 bits per heavy atom. The maximum absolute atomic E-state index is 5.56. The molecular weight excluding hydrogens is 198 g/mol. The Bertz CT molecular complexity index is 450. The fourth-order valence-corrected chi connectivity index (χ4v) is 1.98. The molecule has 1 fully saturated rings. The average Bonchev–Trinajstić information content (AvgIpc) is 2.92. The largest absolute Gasteiger partial charge is 0.491 e. The van der Waals surface area contributed by atoms with Gasteiger partial charge in [0.05, 0.1) is 22.3 Å². The van der Waals surface area contributed by atoms with Crippen LogP contribution in [0.1, 0.15) is 0 Å². The maximum atomic E-state index is 5.56. The maximum Gasteiger partial charge on any atom is 0.121 e. The van der Waals surface area contributed by atoms with Gasteiger partial charge >= 0.3 is 0 Å². The first-order valence-electron chi connectivity index (χ1n) is 4.49. The summed E-state index contributed by atoms with van der Waals surface area (Å²) >= 11 is 1.63. The molecule has 14 heavy (non-hydrogen) atoms. The third kappa shape index (κ3) is 1.58. The Balaban J connectivity index is 1.81. The minimum atomic E-state index is 0.312. The van der Waals surface area contributed by atoms with Crippen LogP contribution in [-0.4, -0.2) is 24.3 Å². The van der Waals surface area contributed by atoms with Crippen LogP contribution in [-0.2, 0) is 4.74 Å². The van der Waals surface area contributed by atoms with Crippen LogP contribution in [0.5, 0.6) is 5.75 Å². The number of ether oxygens (including phenoxy) is 2. The molecule has 72 valence electrons. The molecule has 0 N–H and O–H groups in total. The van der Waals surface area contributed by atoms with Crippen molar-refractivity contribution in [3.05, 3.63) is 23.7 Å². The summed E-state index contributed by atoms with van der Waals surface area (Å²) in [5, 5.41) is 0. The molecule has 1 aromatic heterocycles. The van der Waals surface area contributed by atoms with E-state index in [9.17, 15) is 0 Å². The SMILES string of the molecule is c1nc2ccc(OC[C@H]3CO3)cc2s1. The van der Waals surface area contributed by atoms with Gasteiger partial charge in [0.2, 0.25) is 0 Å². The minimum Gasteiger partial charge on any atom is -0.491 e. The normalized spacial score (nSPS) is 19.9. The van der Waals surface area contributed by atoms with E-state index in [0.717, 1.165) is 17.9 Å². The minimum absolute atomic E-state index is 0.312. The molecular formula is C10H9NO2S. The molecule has 2 heterocycles. The molecule has 3 rings (SSSR count). The van der Waals surface area contributed by atoms with Gasteiger partial charge in [-0.3, -0.25) is 0 Å².